The van der Waals surface area contributed by atoms with Crippen LogP contribution >= 0.6 is 0 Å². The molecule has 21 heavy (non-hydrogen) atoms. The SMILES string of the molecule is O=C(c1cc(F)c(F)c(F)c1)c1ccccc1C1CCC1. The second-order valence-electron chi connectivity index (χ2n) is 5.30. The van der Waals surface area contributed by atoms with Gasteiger partial charge in [-0.1, -0.05) is 30.7 Å². The first-order valence-corrected chi connectivity index (χ1v) is 6.86. The maximum atomic E-state index is 13.3. The lowest BCUT2D eigenvalue weighted by atomic mass is 9.77. The van der Waals surface area contributed by atoms with E-state index >= 15 is 0 Å². The molecule has 2 aromatic carbocycles. The van der Waals surface area contributed by atoms with Crippen molar-refractivity contribution in [2.24, 2.45) is 0 Å². The molecule has 108 valence electrons. The molecule has 0 radical (unpaired) electrons. The molecule has 1 aliphatic carbocycles. The van der Waals surface area contributed by atoms with Crippen molar-refractivity contribution in [3.8, 4) is 0 Å². The van der Waals surface area contributed by atoms with Crippen LogP contribution in [-0.2, 0) is 0 Å². The molecule has 0 amide bonds. The standard InChI is InChI=1S/C17H13F3O/c18-14-8-11(9-15(19)16(14)20)17(21)13-7-2-1-6-12(13)10-4-3-5-10/h1-2,6-10H,3-5H2. The van der Waals surface area contributed by atoms with Gasteiger partial charge in [0.25, 0.3) is 0 Å². The Labute approximate surface area is 120 Å². The van der Waals surface area contributed by atoms with E-state index in [1.54, 1.807) is 12.1 Å². The van der Waals surface area contributed by atoms with Gasteiger partial charge in [0.2, 0.25) is 0 Å². The highest BCUT2D eigenvalue weighted by Gasteiger charge is 2.25. The van der Waals surface area contributed by atoms with E-state index in [0.29, 0.717) is 11.5 Å². The number of ketones is 1. The number of carbonyl (C=O) groups is 1. The van der Waals surface area contributed by atoms with E-state index in [0.717, 1.165) is 37.0 Å². The molecule has 1 aliphatic rings. The fourth-order valence-corrected chi connectivity index (χ4v) is 2.62. The summed E-state index contributed by atoms with van der Waals surface area (Å²) in [5, 5.41) is 0. The first-order chi connectivity index (χ1) is 10.1. The zero-order chi connectivity index (χ0) is 15.0. The molecule has 0 heterocycles. The van der Waals surface area contributed by atoms with E-state index in [1.165, 1.54) is 0 Å². The van der Waals surface area contributed by atoms with Crippen LogP contribution in [-0.4, -0.2) is 5.78 Å². The number of benzene rings is 2. The van der Waals surface area contributed by atoms with Crippen molar-refractivity contribution in [2.45, 2.75) is 25.2 Å². The average Bonchev–Trinajstić information content (AvgIpc) is 2.42. The zero-order valence-corrected chi connectivity index (χ0v) is 11.2. The minimum Gasteiger partial charge on any atom is -0.289 e. The summed E-state index contributed by atoms with van der Waals surface area (Å²) in [6.07, 6.45) is 3.14. The fraction of sp³-hybridized carbons (Fsp3) is 0.235. The summed E-state index contributed by atoms with van der Waals surface area (Å²) in [5.74, 6) is -4.41. The van der Waals surface area contributed by atoms with E-state index in [9.17, 15) is 18.0 Å². The van der Waals surface area contributed by atoms with E-state index in [2.05, 4.69) is 0 Å². The van der Waals surface area contributed by atoms with Gasteiger partial charge in [0, 0.05) is 11.1 Å². The summed E-state index contributed by atoms with van der Waals surface area (Å²) in [6, 6.07) is 8.57. The second-order valence-corrected chi connectivity index (χ2v) is 5.30. The lowest BCUT2D eigenvalue weighted by Gasteiger charge is -2.27. The Bertz CT molecular complexity index is 682. The molecule has 0 N–H and O–H groups in total. The highest BCUT2D eigenvalue weighted by atomic mass is 19.2. The Balaban J connectivity index is 2.03. The first kappa shape index (κ1) is 13.9. The van der Waals surface area contributed by atoms with Gasteiger partial charge >= 0.3 is 0 Å². The fourth-order valence-electron chi connectivity index (χ4n) is 2.62. The summed E-state index contributed by atoms with van der Waals surface area (Å²) in [4.78, 5) is 12.5. The van der Waals surface area contributed by atoms with Gasteiger partial charge < -0.3 is 0 Å². The summed E-state index contributed by atoms with van der Waals surface area (Å²) in [7, 11) is 0. The van der Waals surface area contributed by atoms with E-state index in [-0.39, 0.29) is 5.56 Å². The molecule has 1 saturated carbocycles. The minimum absolute atomic E-state index is 0.168. The number of halogens is 3. The van der Waals surface area contributed by atoms with Crippen LogP contribution in [0.1, 0.15) is 46.7 Å². The molecule has 4 heteroatoms. The molecule has 3 rings (SSSR count). The van der Waals surface area contributed by atoms with Gasteiger partial charge in [-0.15, -0.1) is 0 Å². The molecule has 0 spiro atoms. The molecule has 0 aliphatic heterocycles. The van der Waals surface area contributed by atoms with Crippen molar-refractivity contribution in [2.75, 3.05) is 0 Å². The Morgan fingerprint density at radius 1 is 1.00 bits per heavy atom. The summed E-state index contributed by atoms with van der Waals surface area (Å²) < 4.78 is 39.6. The molecule has 1 nitrogen and oxygen atoms in total. The van der Waals surface area contributed by atoms with Gasteiger partial charge in [0.15, 0.2) is 23.2 Å². The molecular formula is C17H13F3O. The smallest absolute Gasteiger partial charge is 0.194 e. The quantitative estimate of drug-likeness (QED) is 0.596. The molecule has 0 bridgehead atoms. The van der Waals surface area contributed by atoms with Crippen LogP contribution in [0, 0.1) is 17.5 Å². The van der Waals surface area contributed by atoms with Crippen LogP contribution in [0.5, 0.6) is 0 Å². The number of carbonyl (C=O) groups excluding carboxylic acids is 1. The van der Waals surface area contributed by atoms with E-state index < -0.39 is 23.2 Å². The lowest BCUT2D eigenvalue weighted by Crippen LogP contribution is -2.14. The third-order valence-electron chi connectivity index (χ3n) is 4.00. The van der Waals surface area contributed by atoms with Crippen molar-refractivity contribution in [3.05, 3.63) is 70.5 Å². The zero-order valence-electron chi connectivity index (χ0n) is 11.2. The number of hydrogen-bond acceptors (Lipinski definition) is 1. The summed E-state index contributed by atoms with van der Waals surface area (Å²) in [6.45, 7) is 0. The Hall–Kier alpha value is -2.10. The number of rotatable bonds is 3. The predicted molar refractivity (Wildman–Crippen MR) is 72.8 cm³/mol. The van der Waals surface area contributed by atoms with Gasteiger partial charge in [-0.2, -0.15) is 0 Å². The van der Waals surface area contributed by atoms with Gasteiger partial charge in [0.05, 0.1) is 0 Å². The molecular weight excluding hydrogens is 277 g/mol. The van der Waals surface area contributed by atoms with Crippen LogP contribution in [0.3, 0.4) is 0 Å². The van der Waals surface area contributed by atoms with Crippen LogP contribution in [0.4, 0.5) is 13.2 Å². The molecule has 2 aromatic rings. The molecule has 0 atom stereocenters. The third kappa shape index (κ3) is 2.46. The third-order valence-corrected chi connectivity index (χ3v) is 4.00. The first-order valence-electron chi connectivity index (χ1n) is 6.86. The summed E-state index contributed by atoms with van der Waals surface area (Å²) in [5.41, 5.74) is 1.17. The van der Waals surface area contributed by atoms with Crippen molar-refractivity contribution in [1.82, 2.24) is 0 Å². The van der Waals surface area contributed by atoms with Gasteiger partial charge in [-0.05, 0) is 36.5 Å². The minimum atomic E-state index is -1.56. The van der Waals surface area contributed by atoms with Crippen LogP contribution in [0.15, 0.2) is 36.4 Å². The Morgan fingerprint density at radius 3 is 2.19 bits per heavy atom. The molecule has 0 saturated heterocycles. The normalized spacial score (nSPS) is 14.8. The highest BCUT2D eigenvalue weighted by molar-refractivity contribution is 6.10. The second kappa shape index (κ2) is 5.35. The monoisotopic (exact) mass is 290 g/mol. The van der Waals surface area contributed by atoms with Gasteiger partial charge in [-0.25, -0.2) is 13.2 Å². The highest BCUT2D eigenvalue weighted by Crippen LogP contribution is 2.38. The van der Waals surface area contributed by atoms with Gasteiger partial charge in [-0.3, -0.25) is 4.79 Å². The number of hydrogen-bond donors (Lipinski definition) is 0. The molecule has 1 fully saturated rings. The van der Waals surface area contributed by atoms with Crippen molar-refractivity contribution in [3.63, 3.8) is 0 Å². The van der Waals surface area contributed by atoms with Crippen LogP contribution in [0.2, 0.25) is 0 Å². The molecule has 0 unspecified atom stereocenters. The lowest BCUT2D eigenvalue weighted by molar-refractivity contribution is 0.103. The maximum Gasteiger partial charge on any atom is 0.194 e. The largest absolute Gasteiger partial charge is 0.289 e. The average molecular weight is 290 g/mol. The van der Waals surface area contributed by atoms with Crippen molar-refractivity contribution >= 4 is 5.78 Å². The maximum absolute atomic E-state index is 13.3. The molecule has 0 aromatic heterocycles. The van der Waals surface area contributed by atoms with Crippen molar-refractivity contribution < 1.29 is 18.0 Å². The topological polar surface area (TPSA) is 17.1 Å². The van der Waals surface area contributed by atoms with Gasteiger partial charge in [0.1, 0.15) is 0 Å². The van der Waals surface area contributed by atoms with E-state index in [1.807, 2.05) is 12.1 Å². The van der Waals surface area contributed by atoms with Crippen molar-refractivity contribution in [1.29, 1.82) is 0 Å². The summed E-state index contributed by atoms with van der Waals surface area (Å²) >= 11 is 0. The van der Waals surface area contributed by atoms with Crippen LogP contribution < -0.4 is 0 Å². The predicted octanol–water partition coefficient (Wildman–Crippen LogP) is 4.60. The Kier molecular flexibility index (Phi) is 3.53. The Morgan fingerprint density at radius 2 is 1.62 bits per heavy atom. The van der Waals surface area contributed by atoms with Crippen LogP contribution in [0.25, 0.3) is 0 Å². The van der Waals surface area contributed by atoms with E-state index in [4.69, 9.17) is 0 Å².